The van der Waals surface area contributed by atoms with Gasteiger partial charge in [-0.05, 0) is 25.5 Å². The third kappa shape index (κ3) is 2.67. The van der Waals surface area contributed by atoms with Gasteiger partial charge in [0.25, 0.3) is 0 Å². The Hall–Kier alpha value is -1.16. The predicted octanol–water partition coefficient (Wildman–Crippen LogP) is 1.03. The fourth-order valence-corrected chi connectivity index (χ4v) is 1.70. The van der Waals surface area contributed by atoms with Crippen LogP contribution in [0.1, 0.15) is 19.3 Å². The van der Waals surface area contributed by atoms with Crippen LogP contribution in [0, 0.1) is 0 Å². The number of nitrogens with one attached hydrogen (secondary N) is 2. The first-order valence-corrected chi connectivity index (χ1v) is 5.19. The zero-order chi connectivity index (χ0) is 9.64. The van der Waals surface area contributed by atoms with Crippen molar-refractivity contribution in [2.45, 2.75) is 25.3 Å². The van der Waals surface area contributed by atoms with Crippen LogP contribution in [0.3, 0.4) is 0 Å². The Morgan fingerprint density at radius 1 is 1.29 bits per heavy atom. The summed E-state index contributed by atoms with van der Waals surface area (Å²) in [6.45, 7) is 2.14. The molecule has 76 valence electrons. The number of rotatable bonds is 2. The van der Waals surface area contributed by atoms with E-state index in [0.29, 0.717) is 6.04 Å². The van der Waals surface area contributed by atoms with Crippen molar-refractivity contribution in [1.82, 2.24) is 15.3 Å². The third-order valence-electron chi connectivity index (χ3n) is 2.45. The van der Waals surface area contributed by atoms with Gasteiger partial charge in [0.2, 0.25) is 5.95 Å². The second-order valence-corrected chi connectivity index (χ2v) is 3.61. The van der Waals surface area contributed by atoms with Crippen LogP contribution in [-0.2, 0) is 0 Å². The molecule has 1 aromatic rings. The van der Waals surface area contributed by atoms with E-state index < -0.39 is 0 Å². The molecular weight excluding hydrogens is 176 g/mol. The molecule has 2 N–H and O–H groups in total. The number of hydrogen-bond donors (Lipinski definition) is 2. The van der Waals surface area contributed by atoms with Gasteiger partial charge in [-0.1, -0.05) is 6.42 Å². The Morgan fingerprint density at radius 3 is 3.00 bits per heavy atom. The van der Waals surface area contributed by atoms with E-state index in [-0.39, 0.29) is 0 Å². The summed E-state index contributed by atoms with van der Waals surface area (Å²) in [6, 6.07) is 2.30. The lowest BCUT2D eigenvalue weighted by Gasteiger charge is -2.15. The first-order chi connectivity index (χ1) is 6.95. The molecule has 1 aliphatic rings. The molecule has 1 aromatic heterocycles. The van der Waals surface area contributed by atoms with E-state index in [0.717, 1.165) is 19.0 Å². The molecule has 1 saturated heterocycles. The van der Waals surface area contributed by atoms with Gasteiger partial charge in [-0.15, -0.1) is 0 Å². The molecule has 2 rings (SSSR count). The Morgan fingerprint density at radius 2 is 2.14 bits per heavy atom. The smallest absolute Gasteiger partial charge is 0.222 e. The van der Waals surface area contributed by atoms with Gasteiger partial charge in [-0.3, -0.25) is 0 Å². The zero-order valence-electron chi connectivity index (χ0n) is 8.24. The molecule has 0 amide bonds. The highest BCUT2D eigenvalue weighted by atomic mass is 15.1. The molecule has 0 radical (unpaired) electrons. The third-order valence-corrected chi connectivity index (χ3v) is 2.45. The van der Waals surface area contributed by atoms with E-state index in [1.54, 1.807) is 12.4 Å². The summed E-state index contributed by atoms with van der Waals surface area (Å²) in [5, 5.41) is 6.74. The van der Waals surface area contributed by atoms with Crippen LogP contribution in [0.5, 0.6) is 0 Å². The SMILES string of the molecule is c1cnc(NC2CCCCNC2)nc1. The molecule has 4 nitrogen and oxygen atoms in total. The topological polar surface area (TPSA) is 49.8 Å². The fraction of sp³-hybridized carbons (Fsp3) is 0.600. The van der Waals surface area contributed by atoms with Crippen molar-refractivity contribution in [2.75, 3.05) is 18.4 Å². The van der Waals surface area contributed by atoms with Crippen molar-refractivity contribution in [3.63, 3.8) is 0 Å². The minimum atomic E-state index is 0.472. The first kappa shape index (κ1) is 9.40. The number of aromatic nitrogens is 2. The molecule has 0 aromatic carbocycles. The Bertz CT molecular complexity index is 254. The standard InChI is InChI=1S/C10H16N4/c1-2-5-11-8-9(4-1)14-10-12-6-3-7-13-10/h3,6-7,9,11H,1-2,4-5,8H2,(H,12,13,14). The van der Waals surface area contributed by atoms with Crippen molar-refractivity contribution in [2.24, 2.45) is 0 Å². The average molecular weight is 192 g/mol. The van der Waals surface area contributed by atoms with E-state index in [2.05, 4.69) is 20.6 Å². The van der Waals surface area contributed by atoms with Gasteiger partial charge in [0.05, 0.1) is 0 Å². The van der Waals surface area contributed by atoms with Gasteiger partial charge in [-0.2, -0.15) is 0 Å². The molecular formula is C10H16N4. The van der Waals surface area contributed by atoms with Crippen molar-refractivity contribution in [3.05, 3.63) is 18.5 Å². The lowest BCUT2D eigenvalue weighted by Crippen LogP contribution is -2.31. The van der Waals surface area contributed by atoms with Gasteiger partial charge >= 0.3 is 0 Å². The first-order valence-electron chi connectivity index (χ1n) is 5.19. The summed E-state index contributed by atoms with van der Waals surface area (Å²) in [4.78, 5) is 8.31. The summed E-state index contributed by atoms with van der Waals surface area (Å²) >= 11 is 0. The van der Waals surface area contributed by atoms with Crippen molar-refractivity contribution in [1.29, 1.82) is 0 Å². The van der Waals surface area contributed by atoms with Gasteiger partial charge < -0.3 is 10.6 Å². The Labute approximate surface area is 84.2 Å². The van der Waals surface area contributed by atoms with Crippen molar-refractivity contribution >= 4 is 5.95 Å². The zero-order valence-corrected chi connectivity index (χ0v) is 8.24. The molecule has 1 atom stereocenters. The van der Waals surface area contributed by atoms with Crippen LogP contribution in [0.25, 0.3) is 0 Å². The molecule has 14 heavy (non-hydrogen) atoms. The quantitative estimate of drug-likeness (QED) is 0.735. The molecule has 1 fully saturated rings. The average Bonchev–Trinajstić information content (AvgIpc) is 2.48. The van der Waals surface area contributed by atoms with E-state index in [1.807, 2.05) is 6.07 Å². The van der Waals surface area contributed by atoms with Gasteiger partial charge in [-0.25, -0.2) is 9.97 Å². The molecule has 4 heteroatoms. The van der Waals surface area contributed by atoms with E-state index in [1.165, 1.54) is 19.3 Å². The summed E-state index contributed by atoms with van der Waals surface area (Å²) in [5.41, 5.74) is 0. The normalized spacial score (nSPS) is 22.7. The number of nitrogens with zero attached hydrogens (tertiary/aromatic N) is 2. The minimum absolute atomic E-state index is 0.472. The monoisotopic (exact) mass is 192 g/mol. The summed E-state index contributed by atoms with van der Waals surface area (Å²) < 4.78 is 0. The lowest BCUT2D eigenvalue weighted by atomic mass is 10.1. The maximum absolute atomic E-state index is 4.15. The van der Waals surface area contributed by atoms with Crippen LogP contribution in [0.4, 0.5) is 5.95 Å². The van der Waals surface area contributed by atoms with Crippen LogP contribution in [-0.4, -0.2) is 29.1 Å². The van der Waals surface area contributed by atoms with E-state index >= 15 is 0 Å². The summed E-state index contributed by atoms with van der Waals surface area (Å²) in [5.74, 6) is 0.737. The molecule has 0 saturated carbocycles. The van der Waals surface area contributed by atoms with Crippen molar-refractivity contribution in [3.8, 4) is 0 Å². The predicted molar refractivity (Wildman–Crippen MR) is 56.2 cm³/mol. The van der Waals surface area contributed by atoms with Gasteiger partial charge in [0.15, 0.2) is 0 Å². The van der Waals surface area contributed by atoms with Crippen LogP contribution >= 0.6 is 0 Å². The number of hydrogen-bond acceptors (Lipinski definition) is 4. The Kier molecular flexibility index (Phi) is 3.29. The second-order valence-electron chi connectivity index (χ2n) is 3.61. The largest absolute Gasteiger partial charge is 0.350 e. The lowest BCUT2D eigenvalue weighted by molar-refractivity contribution is 0.631. The van der Waals surface area contributed by atoms with Crippen LogP contribution in [0.15, 0.2) is 18.5 Å². The minimum Gasteiger partial charge on any atom is -0.350 e. The van der Waals surface area contributed by atoms with Gasteiger partial charge in [0, 0.05) is 25.0 Å². The highest BCUT2D eigenvalue weighted by molar-refractivity contribution is 5.24. The van der Waals surface area contributed by atoms with E-state index in [4.69, 9.17) is 0 Å². The fourth-order valence-electron chi connectivity index (χ4n) is 1.70. The Balaban J connectivity index is 1.90. The molecule has 0 aliphatic carbocycles. The van der Waals surface area contributed by atoms with Gasteiger partial charge in [0.1, 0.15) is 0 Å². The molecule has 2 heterocycles. The summed E-state index contributed by atoms with van der Waals surface area (Å²) in [7, 11) is 0. The maximum atomic E-state index is 4.15. The molecule has 0 spiro atoms. The summed E-state index contributed by atoms with van der Waals surface area (Å²) in [6.07, 6.45) is 7.27. The second kappa shape index (κ2) is 4.91. The maximum Gasteiger partial charge on any atom is 0.222 e. The highest BCUT2D eigenvalue weighted by Crippen LogP contribution is 2.08. The molecule has 1 aliphatic heterocycles. The number of anilines is 1. The van der Waals surface area contributed by atoms with Crippen molar-refractivity contribution < 1.29 is 0 Å². The van der Waals surface area contributed by atoms with Crippen LogP contribution < -0.4 is 10.6 Å². The highest BCUT2D eigenvalue weighted by Gasteiger charge is 2.11. The molecule has 0 bridgehead atoms. The van der Waals surface area contributed by atoms with Crippen LogP contribution in [0.2, 0.25) is 0 Å². The van der Waals surface area contributed by atoms with E-state index in [9.17, 15) is 0 Å². The molecule has 1 unspecified atom stereocenters.